The number of aliphatic hydroxyl groups is 3. The lowest BCUT2D eigenvalue weighted by Crippen LogP contribution is -2.39. The smallest absolute Gasteiger partial charge is 0.490 e. The molecule has 3 aliphatic heterocycles. The number of aromatic nitrogens is 10. The number of methoxy groups -OCH3 is 1. The quantitative estimate of drug-likeness (QED) is 0.0225. The van der Waals surface area contributed by atoms with Crippen LogP contribution in [0.4, 0.5) is 11.8 Å². The number of nitrogen functional groups attached to an aromatic ring is 2. The monoisotopic (exact) mass is 1180 g/mol. The van der Waals surface area contributed by atoms with E-state index >= 15 is 0 Å². The SMILES string of the molecule is CO[C@@H]1[C@H](OP(=O)([O-])OC[C@H]2O[C@@H](n3ccc(=O)[nH]c3=O)[C@H](O)[C@@H]2O)[C@@H](COP(=O)(O)OP(=O)(O)OP(=O)(O)OC[C@H]2O[C@@H](n3c[n+](C)c4c(=O)[nH]c(N)nc43)[C@H](O)[C@@H]2CCOC(C)C)O[C@H]1n1cnc2c(N)ncnc21. The molecule has 77 heavy (non-hydrogen) atoms. The van der Waals surface area contributed by atoms with Crippen molar-refractivity contribution in [2.75, 3.05) is 45.0 Å². The van der Waals surface area contributed by atoms with Gasteiger partial charge in [0.15, 0.2) is 23.9 Å². The summed E-state index contributed by atoms with van der Waals surface area (Å²) in [6.07, 6.45) is -13.7. The molecule has 16 atom stereocenters. The lowest BCUT2D eigenvalue weighted by atomic mass is 9.95. The Balaban J connectivity index is 0.945. The minimum atomic E-state index is -6.20. The van der Waals surface area contributed by atoms with E-state index in [-0.39, 0.29) is 53.2 Å². The molecule has 0 aliphatic carbocycles. The summed E-state index contributed by atoms with van der Waals surface area (Å²) in [6, 6.07) is 0.917. The number of aromatic amines is 2. The summed E-state index contributed by atoms with van der Waals surface area (Å²) in [4.78, 5) is 102. The fourth-order valence-electron chi connectivity index (χ4n) is 8.66. The minimum absolute atomic E-state index is 0.00532. The first-order chi connectivity index (χ1) is 36.1. The molecule has 37 nitrogen and oxygen atoms in total. The van der Waals surface area contributed by atoms with Crippen LogP contribution in [0.5, 0.6) is 0 Å². The van der Waals surface area contributed by atoms with Crippen molar-refractivity contribution in [1.82, 2.24) is 43.6 Å². The molecular weight excluding hydrogens is 1120 g/mol. The number of ether oxygens (including phenoxy) is 5. The van der Waals surface area contributed by atoms with Crippen LogP contribution < -0.4 is 37.7 Å². The minimum Gasteiger partial charge on any atom is -0.756 e. The van der Waals surface area contributed by atoms with Gasteiger partial charge in [0.1, 0.15) is 54.6 Å². The fourth-order valence-corrected chi connectivity index (χ4v) is 13.1. The number of nitrogens with one attached hydrogen (secondary N) is 2. The maximum absolute atomic E-state index is 13.5. The molecule has 3 fully saturated rings. The molecule has 0 bridgehead atoms. The van der Waals surface area contributed by atoms with Gasteiger partial charge in [-0.15, -0.1) is 0 Å². The molecule has 3 aliphatic rings. The van der Waals surface area contributed by atoms with Crippen molar-refractivity contribution in [1.29, 1.82) is 0 Å². The van der Waals surface area contributed by atoms with Gasteiger partial charge in [0.05, 0.1) is 45.4 Å². The number of aryl methyl sites for hydroxylation is 1. The highest BCUT2D eigenvalue weighted by molar-refractivity contribution is 7.66. The van der Waals surface area contributed by atoms with Gasteiger partial charge in [-0.1, -0.05) is 0 Å². The predicted octanol–water partition coefficient (Wildman–Crippen LogP) is -3.44. The number of fused-ring (bicyclic) bond motifs is 2. The van der Waals surface area contributed by atoms with Crippen molar-refractivity contribution in [2.24, 2.45) is 13.0 Å². The average Bonchev–Trinajstić information content (AvgIpc) is 4.15. The molecule has 3 saturated heterocycles. The molecule has 5 aromatic heterocycles. The third-order valence-electron chi connectivity index (χ3n) is 12.0. The number of phosphoric acid groups is 4. The highest BCUT2D eigenvalue weighted by Crippen LogP contribution is 2.68. The van der Waals surface area contributed by atoms with Crippen LogP contribution in [0.15, 0.2) is 45.6 Å². The Labute approximate surface area is 430 Å². The van der Waals surface area contributed by atoms with Crippen molar-refractivity contribution < 1.29 is 108 Å². The maximum atomic E-state index is 13.5. The zero-order valence-corrected chi connectivity index (χ0v) is 44.0. The van der Waals surface area contributed by atoms with Crippen LogP contribution in [0, 0.1) is 5.92 Å². The summed E-state index contributed by atoms with van der Waals surface area (Å²) < 4.78 is 115. The van der Waals surface area contributed by atoms with Crippen LogP contribution in [-0.2, 0) is 75.7 Å². The third-order valence-corrected chi connectivity index (χ3v) is 17.3. The first-order valence-electron chi connectivity index (χ1n) is 22.6. The molecule has 0 spiro atoms. The van der Waals surface area contributed by atoms with Gasteiger partial charge in [0, 0.05) is 31.9 Å². The van der Waals surface area contributed by atoms with E-state index in [1.165, 1.54) is 27.1 Å². The Morgan fingerprint density at radius 2 is 1.43 bits per heavy atom. The highest BCUT2D eigenvalue weighted by Gasteiger charge is 2.53. The molecule has 8 heterocycles. The number of phosphoric ester groups is 3. The largest absolute Gasteiger partial charge is 0.756 e. The Morgan fingerprint density at radius 1 is 0.792 bits per heavy atom. The van der Waals surface area contributed by atoms with Gasteiger partial charge >= 0.3 is 34.7 Å². The number of hydrogen-bond acceptors (Lipinski definition) is 28. The van der Waals surface area contributed by atoms with Crippen LogP contribution in [0.2, 0.25) is 0 Å². The Morgan fingerprint density at radius 3 is 2.09 bits per heavy atom. The van der Waals surface area contributed by atoms with Crippen LogP contribution in [-0.4, -0.2) is 162 Å². The van der Waals surface area contributed by atoms with Gasteiger partial charge in [-0.2, -0.15) is 18.2 Å². The van der Waals surface area contributed by atoms with Gasteiger partial charge < -0.3 is 79.1 Å². The van der Waals surface area contributed by atoms with Crippen molar-refractivity contribution >= 4 is 65.4 Å². The molecule has 4 unspecified atom stereocenters. The molecule has 0 radical (unpaired) electrons. The number of imidazole rings is 2. The van der Waals surface area contributed by atoms with E-state index in [1.54, 1.807) is 13.8 Å². The highest BCUT2D eigenvalue weighted by atomic mass is 31.3. The Bertz CT molecular complexity index is 3340. The number of H-pyrrole nitrogens is 2. The van der Waals surface area contributed by atoms with Crippen molar-refractivity contribution in [3.05, 3.63) is 62.4 Å². The molecule has 5 aromatic rings. The maximum Gasteiger partial charge on any atom is 0.490 e. The molecule has 8 rings (SSSR count). The Kier molecular flexibility index (Phi) is 17.4. The Hall–Kier alpha value is -4.62. The first kappa shape index (κ1) is 58.5. The van der Waals surface area contributed by atoms with Crippen LogP contribution in [0.3, 0.4) is 0 Å². The second kappa shape index (κ2) is 22.9. The lowest BCUT2D eigenvalue weighted by molar-refractivity contribution is -0.646. The number of hydrogen-bond donors (Lipinski definition) is 10. The zero-order valence-electron chi connectivity index (χ0n) is 40.4. The predicted molar refractivity (Wildman–Crippen MR) is 249 cm³/mol. The number of nitrogens with zero attached hydrogens (tertiary/aromatic N) is 8. The average molecular weight is 1180 g/mol. The van der Waals surface area contributed by atoms with Crippen LogP contribution in [0.1, 0.15) is 39.0 Å². The normalized spacial score (nSPS) is 30.0. The van der Waals surface area contributed by atoms with Gasteiger partial charge in [0.2, 0.25) is 18.5 Å². The topological polar surface area (TPSA) is 519 Å². The van der Waals surface area contributed by atoms with Gasteiger partial charge in [-0.25, -0.2) is 38.0 Å². The van der Waals surface area contributed by atoms with E-state index in [4.69, 9.17) is 53.2 Å². The molecule has 41 heteroatoms. The van der Waals surface area contributed by atoms with E-state index in [0.717, 1.165) is 36.6 Å². The van der Waals surface area contributed by atoms with Crippen molar-refractivity contribution in [3.63, 3.8) is 0 Å². The van der Waals surface area contributed by atoms with Gasteiger partial charge in [-0.3, -0.25) is 42.3 Å². The number of anilines is 2. The van der Waals surface area contributed by atoms with E-state index < -0.39 is 141 Å². The van der Waals surface area contributed by atoms with E-state index in [1.807, 2.05) is 4.98 Å². The van der Waals surface area contributed by atoms with Crippen LogP contribution in [0.25, 0.3) is 22.3 Å². The second-order valence-corrected chi connectivity index (χ2v) is 23.6. The summed E-state index contributed by atoms with van der Waals surface area (Å²) in [5.74, 6) is -1.31. The molecular formula is C36H52N12O25P4. The molecule has 0 saturated carbocycles. The van der Waals surface area contributed by atoms with Gasteiger partial charge in [-0.05, 0) is 20.3 Å². The van der Waals surface area contributed by atoms with Crippen molar-refractivity contribution in [3.8, 4) is 0 Å². The summed E-state index contributed by atoms with van der Waals surface area (Å²) >= 11 is 0. The summed E-state index contributed by atoms with van der Waals surface area (Å²) in [6.45, 7) is 0.229. The third kappa shape index (κ3) is 13.0. The zero-order chi connectivity index (χ0) is 56.1. The summed E-state index contributed by atoms with van der Waals surface area (Å²) in [5, 5.41) is 32.8. The van der Waals surface area contributed by atoms with E-state index in [2.05, 4.69) is 33.5 Å². The summed E-state index contributed by atoms with van der Waals surface area (Å²) in [7, 11) is -21.1. The standard InChI is InChI=1S/C36H52N12O25P4/c1-15(2)64-8-6-16-17(68-32(23(16)50)48-14-45(3)22-30(48)43-35(38)44-31(22)53)9-66-75(57,58)72-77(61,62)73-76(59,60)67-11-19-26(27(63-4)34(70-19)47-13-41-21-28(37)39-12-40-29(21)47)71-74(55,56)65-10-18-24(51)25(52)33(69-18)46-7-5-20(49)42-36(46)54/h5,7,12-19,23-27,32-34,50-52H,6,8-11H2,1-4H3,(H9-,37,38,39,40,42,43,44,49,53,54,55,56,57,58,59,60,61,62)/t16-,17-,18-,19-,23-,24-,25-,26-,27-,32-,33-,34-/m1/s1. The summed E-state index contributed by atoms with van der Waals surface area (Å²) in [5.41, 5.74) is 9.32. The van der Waals surface area contributed by atoms with Gasteiger partial charge in [0.25, 0.3) is 24.5 Å². The van der Waals surface area contributed by atoms with E-state index in [9.17, 15) is 67.5 Å². The molecule has 0 amide bonds. The molecule has 12 N–H and O–H groups in total. The number of nitrogens with two attached hydrogens (primary N) is 2. The second-order valence-electron chi connectivity index (χ2n) is 17.6. The number of rotatable bonds is 23. The van der Waals surface area contributed by atoms with E-state index in [0.29, 0.717) is 0 Å². The molecule has 0 aromatic carbocycles. The lowest BCUT2D eigenvalue weighted by Gasteiger charge is -2.31. The molecule has 426 valence electrons. The number of aliphatic hydroxyl groups excluding tert-OH is 3. The first-order valence-corrected chi connectivity index (χ1v) is 28.5. The fraction of sp³-hybridized carbons (Fsp3) is 0.611. The van der Waals surface area contributed by atoms with Crippen molar-refractivity contribution in [2.45, 2.75) is 93.9 Å². The van der Waals surface area contributed by atoms with Crippen LogP contribution >= 0.6 is 31.3 Å².